The standard InChI is InChI=1S/C18H10FI2NO4/c1-9(23)25-16-13(20)6-10(7-14(16)21)8-15-18(24)26-17(22-15)11-4-2-3-5-12(11)19/h2-8H,1H3/b15-8-. The van der Waals surface area contributed by atoms with Crippen molar-refractivity contribution in [1.82, 2.24) is 0 Å². The summed E-state index contributed by atoms with van der Waals surface area (Å²) in [4.78, 5) is 27.3. The summed E-state index contributed by atoms with van der Waals surface area (Å²) >= 11 is 4.08. The summed E-state index contributed by atoms with van der Waals surface area (Å²) in [5.74, 6) is -1.19. The Hall–Kier alpha value is -1.82. The van der Waals surface area contributed by atoms with Gasteiger partial charge in [0.1, 0.15) is 5.82 Å². The molecular formula is C18H10FI2NO4. The number of ether oxygens (including phenoxy) is 2. The van der Waals surface area contributed by atoms with Crippen LogP contribution in [0.1, 0.15) is 18.1 Å². The Morgan fingerprint density at radius 1 is 1.23 bits per heavy atom. The van der Waals surface area contributed by atoms with Crippen molar-refractivity contribution in [1.29, 1.82) is 0 Å². The highest BCUT2D eigenvalue weighted by molar-refractivity contribution is 14.1. The highest BCUT2D eigenvalue weighted by Gasteiger charge is 2.26. The average molecular weight is 577 g/mol. The molecule has 1 aliphatic rings. The zero-order chi connectivity index (χ0) is 18.8. The first-order chi connectivity index (χ1) is 12.3. The van der Waals surface area contributed by atoms with Crippen molar-refractivity contribution in [2.24, 2.45) is 4.99 Å². The molecule has 2 aromatic rings. The molecule has 0 spiro atoms. The van der Waals surface area contributed by atoms with Gasteiger partial charge in [0.05, 0.1) is 12.7 Å². The number of benzene rings is 2. The number of cyclic esters (lactones) is 1. The molecule has 0 atom stereocenters. The molecule has 0 amide bonds. The fourth-order valence-electron chi connectivity index (χ4n) is 2.22. The number of rotatable bonds is 3. The van der Waals surface area contributed by atoms with Gasteiger partial charge in [-0.2, -0.15) is 0 Å². The molecule has 0 N–H and O–H groups in total. The number of halogens is 3. The highest BCUT2D eigenvalue weighted by atomic mass is 127. The molecule has 8 heteroatoms. The lowest BCUT2D eigenvalue weighted by molar-refractivity contribution is -0.132. The minimum Gasteiger partial charge on any atom is -0.424 e. The second-order valence-corrected chi connectivity index (χ2v) is 7.55. The normalized spacial score (nSPS) is 15.0. The van der Waals surface area contributed by atoms with E-state index in [2.05, 4.69) is 4.99 Å². The van der Waals surface area contributed by atoms with Gasteiger partial charge in [-0.05, 0) is 81.1 Å². The second-order valence-electron chi connectivity index (χ2n) is 5.22. The van der Waals surface area contributed by atoms with Crippen molar-refractivity contribution in [3.8, 4) is 5.75 Å². The Kier molecular flexibility index (Phi) is 5.70. The van der Waals surface area contributed by atoms with Crippen LogP contribution in [0.15, 0.2) is 47.1 Å². The highest BCUT2D eigenvalue weighted by Crippen LogP contribution is 2.30. The number of carbonyl (C=O) groups excluding carboxylic acids is 2. The summed E-state index contributed by atoms with van der Waals surface area (Å²) < 4.78 is 25.5. The summed E-state index contributed by atoms with van der Waals surface area (Å²) in [6.07, 6.45) is 1.54. The maximum Gasteiger partial charge on any atom is 0.363 e. The summed E-state index contributed by atoms with van der Waals surface area (Å²) in [5, 5.41) is 0. The number of esters is 2. The molecule has 1 heterocycles. The third-order valence-electron chi connectivity index (χ3n) is 3.29. The summed E-state index contributed by atoms with van der Waals surface area (Å²) in [5.41, 5.74) is 0.869. The van der Waals surface area contributed by atoms with E-state index in [9.17, 15) is 14.0 Å². The quantitative estimate of drug-likeness (QED) is 0.236. The van der Waals surface area contributed by atoms with Gasteiger partial charge in [0, 0.05) is 6.92 Å². The van der Waals surface area contributed by atoms with Crippen molar-refractivity contribution in [2.45, 2.75) is 6.92 Å². The van der Waals surface area contributed by atoms with Crippen LogP contribution in [0.4, 0.5) is 4.39 Å². The van der Waals surface area contributed by atoms with E-state index in [1.165, 1.54) is 25.1 Å². The van der Waals surface area contributed by atoms with E-state index in [0.717, 1.165) is 0 Å². The van der Waals surface area contributed by atoms with E-state index in [1.54, 1.807) is 24.3 Å². The van der Waals surface area contributed by atoms with Gasteiger partial charge in [-0.1, -0.05) is 12.1 Å². The van der Waals surface area contributed by atoms with Gasteiger partial charge in [-0.3, -0.25) is 4.79 Å². The number of hydrogen-bond donors (Lipinski definition) is 0. The third-order valence-corrected chi connectivity index (χ3v) is 4.90. The predicted molar refractivity (Wildman–Crippen MR) is 110 cm³/mol. The van der Waals surface area contributed by atoms with E-state index in [-0.39, 0.29) is 17.2 Å². The fourth-order valence-corrected chi connectivity index (χ4v) is 4.26. The smallest absolute Gasteiger partial charge is 0.363 e. The lowest BCUT2D eigenvalue weighted by atomic mass is 10.2. The molecule has 2 aromatic carbocycles. The van der Waals surface area contributed by atoms with Crippen LogP contribution >= 0.6 is 45.2 Å². The van der Waals surface area contributed by atoms with Crippen molar-refractivity contribution >= 4 is 69.1 Å². The summed E-state index contributed by atoms with van der Waals surface area (Å²) in [6.45, 7) is 1.33. The molecule has 26 heavy (non-hydrogen) atoms. The Balaban J connectivity index is 1.96. The maximum atomic E-state index is 13.8. The monoisotopic (exact) mass is 577 g/mol. The molecule has 0 radical (unpaired) electrons. The van der Waals surface area contributed by atoms with Crippen molar-refractivity contribution < 1.29 is 23.5 Å². The number of aliphatic imine (C=N–C) groups is 1. The lowest BCUT2D eigenvalue weighted by Crippen LogP contribution is -2.07. The molecule has 3 rings (SSSR count). The first-order valence-corrected chi connectivity index (χ1v) is 9.46. The zero-order valence-electron chi connectivity index (χ0n) is 13.3. The van der Waals surface area contributed by atoms with Crippen LogP contribution in [0, 0.1) is 13.0 Å². The Labute approximate surface area is 175 Å². The van der Waals surface area contributed by atoms with E-state index >= 15 is 0 Å². The van der Waals surface area contributed by atoms with Gasteiger partial charge in [-0.25, -0.2) is 14.2 Å². The number of hydrogen-bond acceptors (Lipinski definition) is 5. The maximum absolute atomic E-state index is 13.8. The fraction of sp³-hybridized carbons (Fsp3) is 0.0556. The van der Waals surface area contributed by atoms with Crippen LogP contribution in [-0.2, 0) is 14.3 Å². The van der Waals surface area contributed by atoms with E-state index < -0.39 is 17.8 Å². The van der Waals surface area contributed by atoms with E-state index in [1.807, 2.05) is 45.2 Å². The SMILES string of the molecule is CC(=O)Oc1c(I)cc(/C=C2\N=C(c3ccccc3F)OC2=O)cc1I. The van der Waals surface area contributed by atoms with Gasteiger partial charge in [0.2, 0.25) is 5.90 Å². The Morgan fingerprint density at radius 2 is 1.88 bits per heavy atom. The van der Waals surface area contributed by atoms with E-state index in [4.69, 9.17) is 9.47 Å². The molecule has 5 nitrogen and oxygen atoms in total. The van der Waals surface area contributed by atoms with Crippen molar-refractivity contribution in [3.05, 3.63) is 66.2 Å². The van der Waals surface area contributed by atoms with Crippen molar-refractivity contribution in [2.75, 3.05) is 0 Å². The van der Waals surface area contributed by atoms with Gasteiger partial charge in [-0.15, -0.1) is 0 Å². The predicted octanol–water partition coefficient (Wildman–Crippen LogP) is 4.30. The number of carbonyl (C=O) groups is 2. The van der Waals surface area contributed by atoms with Gasteiger partial charge >= 0.3 is 11.9 Å². The first-order valence-electron chi connectivity index (χ1n) is 7.30. The Bertz CT molecular complexity index is 962. The molecule has 0 saturated heterocycles. The van der Waals surface area contributed by atoms with Crippen molar-refractivity contribution in [3.63, 3.8) is 0 Å². The Morgan fingerprint density at radius 3 is 2.50 bits per heavy atom. The van der Waals surface area contributed by atoms with Gasteiger partial charge in [0.25, 0.3) is 0 Å². The van der Waals surface area contributed by atoms with Crippen LogP contribution in [0.3, 0.4) is 0 Å². The molecule has 132 valence electrons. The van der Waals surface area contributed by atoms with Gasteiger partial charge in [0.15, 0.2) is 11.4 Å². The average Bonchev–Trinajstić information content (AvgIpc) is 2.92. The van der Waals surface area contributed by atoms with Crippen LogP contribution in [0.2, 0.25) is 0 Å². The van der Waals surface area contributed by atoms with Crippen LogP contribution in [-0.4, -0.2) is 17.8 Å². The molecule has 0 fully saturated rings. The minimum absolute atomic E-state index is 0.0649. The molecule has 0 saturated carbocycles. The molecule has 0 bridgehead atoms. The zero-order valence-corrected chi connectivity index (χ0v) is 17.6. The molecule has 0 unspecified atom stereocenters. The minimum atomic E-state index is -0.655. The van der Waals surface area contributed by atoms with E-state index in [0.29, 0.717) is 18.5 Å². The topological polar surface area (TPSA) is 65.0 Å². The number of nitrogens with zero attached hydrogens (tertiary/aromatic N) is 1. The van der Waals surface area contributed by atoms with Gasteiger partial charge < -0.3 is 9.47 Å². The van der Waals surface area contributed by atoms with Crippen LogP contribution < -0.4 is 4.74 Å². The van der Waals surface area contributed by atoms with Crippen LogP contribution in [0.5, 0.6) is 5.75 Å². The third kappa shape index (κ3) is 4.11. The summed E-state index contributed by atoms with van der Waals surface area (Å²) in [6, 6.07) is 9.43. The molecule has 1 aliphatic heterocycles. The molecule has 0 aromatic heterocycles. The summed E-state index contributed by atoms with van der Waals surface area (Å²) in [7, 11) is 0. The molecule has 0 aliphatic carbocycles. The lowest BCUT2D eigenvalue weighted by Gasteiger charge is -2.08. The second kappa shape index (κ2) is 7.82. The van der Waals surface area contributed by atoms with Crippen LogP contribution in [0.25, 0.3) is 6.08 Å². The first kappa shape index (κ1) is 19.0. The largest absolute Gasteiger partial charge is 0.424 e. The molecular weight excluding hydrogens is 567 g/mol.